The second kappa shape index (κ2) is 6.57. The fourth-order valence-corrected chi connectivity index (χ4v) is 3.41. The van der Waals surface area contributed by atoms with E-state index in [2.05, 4.69) is 5.32 Å². The van der Waals surface area contributed by atoms with Crippen molar-refractivity contribution in [1.29, 1.82) is 0 Å². The molecule has 0 bridgehead atoms. The van der Waals surface area contributed by atoms with E-state index in [4.69, 9.17) is 15.2 Å². The highest BCUT2D eigenvalue weighted by atomic mass is 16.7. The number of nitrogens with two attached hydrogens (primary N) is 1. The van der Waals surface area contributed by atoms with Gasteiger partial charge in [0.2, 0.25) is 12.7 Å². The average molecular weight is 304 g/mol. The van der Waals surface area contributed by atoms with Gasteiger partial charge >= 0.3 is 0 Å². The third-order valence-electron chi connectivity index (χ3n) is 4.81. The quantitative estimate of drug-likeness (QED) is 0.875. The molecule has 1 aliphatic heterocycles. The number of rotatable bonds is 5. The van der Waals surface area contributed by atoms with E-state index in [1.54, 1.807) is 0 Å². The molecule has 1 fully saturated rings. The predicted molar refractivity (Wildman–Crippen MR) is 83.6 cm³/mol. The lowest BCUT2D eigenvalue weighted by Crippen LogP contribution is -2.38. The van der Waals surface area contributed by atoms with Crippen LogP contribution in [0.3, 0.4) is 0 Å². The fourth-order valence-electron chi connectivity index (χ4n) is 3.41. The second-order valence-corrected chi connectivity index (χ2v) is 6.41. The van der Waals surface area contributed by atoms with Gasteiger partial charge in [-0.2, -0.15) is 0 Å². The Hall–Kier alpha value is -1.75. The van der Waals surface area contributed by atoms with Gasteiger partial charge in [0.25, 0.3) is 0 Å². The molecule has 3 N–H and O–H groups in total. The van der Waals surface area contributed by atoms with Gasteiger partial charge in [-0.3, -0.25) is 4.79 Å². The molecular formula is C17H24N2O3. The molecule has 5 heteroatoms. The zero-order valence-electron chi connectivity index (χ0n) is 12.9. The Morgan fingerprint density at radius 3 is 2.73 bits per heavy atom. The van der Waals surface area contributed by atoms with Crippen LogP contribution < -0.4 is 20.5 Å². The van der Waals surface area contributed by atoms with Crippen molar-refractivity contribution in [3.05, 3.63) is 23.8 Å². The van der Waals surface area contributed by atoms with Crippen molar-refractivity contribution in [3.63, 3.8) is 0 Å². The third-order valence-corrected chi connectivity index (χ3v) is 4.81. The van der Waals surface area contributed by atoms with Crippen LogP contribution in [0.1, 0.15) is 44.1 Å². The summed E-state index contributed by atoms with van der Waals surface area (Å²) in [7, 11) is 0. The van der Waals surface area contributed by atoms with Crippen molar-refractivity contribution >= 4 is 5.91 Å². The zero-order valence-corrected chi connectivity index (χ0v) is 12.9. The SMILES string of the molecule is NCC1(CC(=O)NCc2ccc3c(c2)OCO3)CCCCC1. The Morgan fingerprint density at radius 1 is 1.18 bits per heavy atom. The first-order valence-corrected chi connectivity index (χ1v) is 8.06. The van der Waals surface area contributed by atoms with E-state index in [0.29, 0.717) is 19.5 Å². The Balaban J connectivity index is 1.53. The van der Waals surface area contributed by atoms with Crippen LogP contribution in [0.25, 0.3) is 0 Å². The average Bonchev–Trinajstić information content (AvgIpc) is 3.01. The second-order valence-electron chi connectivity index (χ2n) is 6.41. The molecule has 22 heavy (non-hydrogen) atoms. The van der Waals surface area contributed by atoms with Gasteiger partial charge in [0.1, 0.15) is 0 Å². The first-order chi connectivity index (χ1) is 10.7. The molecule has 0 spiro atoms. The van der Waals surface area contributed by atoms with Crippen LogP contribution in [-0.4, -0.2) is 19.2 Å². The first-order valence-electron chi connectivity index (χ1n) is 8.06. The standard InChI is InChI=1S/C17H24N2O3/c18-11-17(6-2-1-3-7-17)9-16(20)19-10-13-4-5-14-15(8-13)22-12-21-14/h4-5,8H,1-3,6-7,9-12,18H2,(H,19,20). The van der Waals surface area contributed by atoms with E-state index in [0.717, 1.165) is 29.9 Å². The van der Waals surface area contributed by atoms with Crippen LogP contribution in [0.4, 0.5) is 0 Å². The van der Waals surface area contributed by atoms with Gasteiger partial charge < -0.3 is 20.5 Å². The summed E-state index contributed by atoms with van der Waals surface area (Å²) in [6, 6.07) is 5.75. The molecule has 1 saturated carbocycles. The smallest absolute Gasteiger partial charge is 0.231 e. The number of fused-ring (bicyclic) bond motifs is 1. The molecule has 1 aromatic carbocycles. The fraction of sp³-hybridized carbons (Fsp3) is 0.588. The summed E-state index contributed by atoms with van der Waals surface area (Å²) in [5, 5.41) is 3.01. The zero-order chi connectivity index (χ0) is 15.4. The lowest BCUT2D eigenvalue weighted by molar-refractivity contribution is -0.124. The maximum Gasteiger partial charge on any atom is 0.231 e. The molecule has 0 unspecified atom stereocenters. The highest BCUT2D eigenvalue weighted by Gasteiger charge is 2.32. The van der Waals surface area contributed by atoms with Crippen molar-refractivity contribution in [1.82, 2.24) is 5.32 Å². The molecule has 1 aromatic rings. The lowest BCUT2D eigenvalue weighted by Gasteiger charge is -2.35. The summed E-state index contributed by atoms with van der Waals surface area (Å²) in [5.74, 6) is 1.60. The molecule has 0 atom stereocenters. The summed E-state index contributed by atoms with van der Waals surface area (Å²) < 4.78 is 10.6. The number of hydrogen-bond donors (Lipinski definition) is 2. The molecule has 0 saturated heterocycles. The molecule has 3 rings (SSSR count). The Kier molecular flexibility index (Phi) is 4.52. The Morgan fingerprint density at radius 2 is 1.95 bits per heavy atom. The van der Waals surface area contributed by atoms with E-state index in [9.17, 15) is 4.79 Å². The topological polar surface area (TPSA) is 73.6 Å². The first kappa shape index (κ1) is 15.2. The van der Waals surface area contributed by atoms with Crippen LogP contribution in [-0.2, 0) is 11.3 Å². The molecule has 1 amide bonds. The van der Waals surface area contributed by atoms with E-state index in [1.807, 2.05) is 18.2 Å². The number of carbonyl (C=O) groups is 1. The normalized spacial score (nSPS) is 19.0. The molecular weight excluding hydrogens is 280 g/mol. The number of ether oxygens (including phenoxy) is 2. The minimum Gasteiger partial charge on any atom is -0.454 e. The van der Waals surface area contributed by atoms with Crippen molar-refractivity contribution in [2.45, 2.75) is 45.1 Å². The summed E-state index contributed by atoms with van der Waals surface area (Å²) in [5.41, 5.74) is 6.97. The van der Waals surface area contributed by atoms with Crippen LogP contribution in [0.5, 0.6) is 11.5 Å². The molecule has 5 nitrogen and oxygen atoms in total. The van der Waals surface area contributed by atoms with Crippen LogP contribution >= 0.6 is 0 Å². The van der Waals surface area contributed by atoms with Crippen molar-refractivity contribution in [3.8, 4) is 11.5 Å². The molecule has 120 valence electrons. The number of benzene rings is 1. The summed E-state index contributed by atoms with van der Waals surface area (Å²) in [4.78, 5) is 12.3. The van der Waals surface area contributed by atoms with Gasteiger partial charge in [-0.05, 0) is 42.5 Å². The van der Waals surface area contributed by atoms with E-state index in [1.165, 1.54) is 19.3 Å². The van der Waals surface area contributed by atoms with Gasteiger partial charge in [0.15, 0.2) is 11.5 Å². The highest BCUT2D eigenvalue weighted by Crippen LogP contribution is 2.38. The van der Waals surface area contributed by atoms with E-state index in [-0.39, 0.29) is 18.1 Å². The number of amides is 1. The third kappa shape index (κ3) is 3.35. The lowest BCUT2D eigenvalue weighted by atomic mass is 9.71. The number of hydrogen-bond acceptors (Lipinski definition) is 4. The number of nitrogens with one attached hydrogen (secondary N) is 1. The van der Waals surface area contributed by atoms with Crippen molar-refractivity contribution < 1.29 is 14.3 Å². The summed E-state index contributed by atoms with van der Waals surface area (Å²) in [6.07, 6.45) is 6.32. The van der Waals surface area contributed by atoms with Crippen molar-refractivity contribution in [2.75, 3.05) is 13.3 Å². The van der Waals surface area contributed by atoms with Gasteiger partial charge in [0.05, 0.1) is 0 Å². The molecule has 2 aliphatic rings. The van der Waals surface area contributed by atoms with E-state index >= 15 is 0 Å². The summed E-state index contributed by atoms with van der Waals surface area (Å²) in [6.45, 7) is 1.38. The molecule has 1 aliphatic carbocycles. The van der Waals surface area contributed by atoms with Gasteiger partial charge in [-0.1, -0.05) is 25.3 Å². The van der Waals surface area contributed by atoms with Gasteiger partial charge in [-0.25, -0.2) is 0 Å². The number of carbonyl (C=O) groups excluding carboxylic acids is 1. The van der Waals surface area contributed by atoms with Crippen molar-refractivity contribution in [2.24, 2.45) is 11.1 Å². The maximum absolute atomic E-state index is 12.3. The minimum absolute atomic E-state index is 0.0111. The van der Waals surface area contributed by atoms with Gasteiger partial charge in [0, 0.05) is 13.0 Å². The molecule has 0 radical (unpaired) electrons. The molecule has 1 heterocycles. The summed E-state index contributed by atoms with van der Waals surface area (Å²) >= 11 is 0. The van der Waals surface area contributed by atoms with Crippen LogP contribution in [0.15, 0.2) is 18.2 Å². The van der Waals surface area contributed by atoms with Crippen LogP contribution in [0.2, 0.25) is 0 Å². The monoisotopic (exact) mass is 304 g/mol. The Bertz CT molecular complexity index is 539. The Labute approximate surface area is 131 Å². The highest BCUT2D eigenvalue weighted by molar-refractivity contribution is 5.76. The molecule has 0 aromatic heterocycles. The van der Waals surface area contributed by atoms with Gasteiger partial charge in [-0.15, -0.1) is 0 Å². The predicted octanol–water partition coefficient (Wildman–Crippen LogP) is 2.33. The van der Waals surface area contributed by atoms with E-state index < -0.39 is 0 Å². The maximum atomic E-state index is 12.3. The van der Waals surface area contributed by atoms with Crippen LogP contribution in [0, 0.1) is 5.41 Å². The minimum atomic E-state index is 0.0111. The largest absolute Gasteiger partial charge is 0.454 e.